The lowest BCUT2D eigenvalue weighted by molar-refractivity contribution is 0.125. The topological polar surface area (TPSA) is 52.0 Å². The maximum absolute atomic E-state index is 6.10. The minimum Gasteiger partial charge on any atom is -0.327 e. The molecule has 2 saturated carbocycles. The Morgan fingerprint density at radius 3 is 1.50 bits per heavy atom. The molecule has 0 aromatic carbocycles. The molecule has 4 N–H and O–H groups in total. The van der Waals surface area contributed by atoms with E-state index in [1.54, 1.807) is 0 Å². The Morgan fingerprint density at radius 1 is 0.667 bits per heavy atom. The molecule has 0 heterocycles. The van der Waals surface area contributed by atoms with E-state index in [0.717, 1.165) is 11.8 Å². The van der Waals surface area contributed by atoms with Crippen LogP contribution in [-0.4, -0.2) is 12.1 Å². The first kappa shape index (κ1) is 8.52. The van der Waals surface area contributed by atoms with E-state index in [9.17, 15) is 0 Å². The van der Waals surface area contributed by atoms with E-state index in [2.05, 4.69) is 0 Å². The summed E-state index contributed by atoms with van der Waals surface area (Å²) in [7, 11) is 0. The van der Waals surface area contributed by atoms with Crippen molar-refractivity contribution >= 4 is 0 Å². The van der Waals surface area contributed by atoms with Crippen molar-refractivity contribution in [2.75, 3.05) is 0 Å². The molecule has 2 nitrogen and oxygen atoms in total. The molecular weight excluding hydrogens is 148 g/mol. The SMILES string of the molecule is NC1CCCC2C(N)CCCC12. The van der Waals surface area contributed by atoms with Gasteiger partial charge in [-0.25, -0.2) is 0 Å². The number of nitrogens with two attached hydrogens (primary N) is 2. The first-order chi connectivity index (χ1) is 5.79. The fourth-order valence-corrected chi connectivity index (χ4v) is 3.10. The van der Waals surface area contributed by atoms with Gasteiger partial charge in [0.25, 0.3) is 0 Å². The molecule has 70 valence electrons. The molecular formula is C10H20N2. The first-order valence-corrected chi connectivity index (χ1v) is 5.30. The third kappa shape index (κ3) is 1.38. The number of hydrogen-bond donors (Lipinski definition) is 2. The molecule has 0 aliphatic heterocycles. The Labute approximate surface area is 74.7 Å². The highest BCUT2D eigenvalue weighted by molar-refractivity contribution is 4.92. The molecule has 0 radical (unpaired) electrons. The molecule has 12 heavy (non-hydrogen) atoms. The molecule has 2 heteroatoms. The quantitative estimate of drug-likeness (QED) is 0.572. The molecule has 4 unspecified atom stereocenters. The second-order valence-electron chi connectivity index (χ2n) is 4.52. The summed E-state index contributed by atoms with van der Waals surface area (Å²) in [5.74, 6) is 1.50. The van der Waals surface area contributed by atoms with Crippen molar-refractivity contribution in [1.29, 1.82) is 0 Å². The Balaban J connectivity index is 2.05. The standard InChI is InChI=1S/C10H20N2/c11-9-5-1-3-7-8(9)4-2-6-10(7)12/h7-10H,1-6,11-12H2. The molecule has 0 saturated heterocycles. The van der Waals surface area contributed by atoms with Gasteiger partial charge in [-0.05, 0) is 37.5 Å². The normalized spacial score (nSPS) is 48.5. The van der Waals surface area contributed by atoms with Gasteiger partial charge in [0.1, 0.15) is 0 Å². The van der Waals surface area contributed by atoms with E-state index >= 15 is 0 Å². The van der Waals surface area contributed by atoms with Gasteiger partial charge in [0.2, 0.25) is 0 Å². The van der Waals surface area contributed by atoms with Gasteiger partial charge in [-0.15, -0.1) is 0 Å². The van der Waals surface area contributed by atoms with Gasteiger partial charge in [0, 0.05) is 12.1 Å². The highest BCUT2D eigenvalue weighted by Crippen LogP contribution is 2.39. The number of hydrogen-bond acceptors (Lipinski definition) is 2. The van der Waals surface area contributed by atoms with Gasteiger partial charge >= 0.3 is 0 Å². The zero-order valence-electron chi connectivity index (χ0n) is 7.71. The Morgan fingerprint density at radius 2 is 1.08 bits per heavy atom. The Bertz CT molecular complexity index is 140. The fourth-order valence-electron chi connectivity index (χ4n) is 3.10. The van der Waals surface area contributed by atoms with Crippen molar-refractivity contribution in [1.82, 2.24) is 0 Å². The van der Waals surface area contributed by atoms with Crippen LogP contribution in [0, 0.1) is 11.8 Å². The van der Waals surface area contributed by atoms with Crippen molar-refractivity contribution in [3.05, 3.63) is 0 Å². The molecule has 0 amide bonds. The van der Waals surface area contributed by atoms with E-state index in [1.807, 2.05) is 0 Å². The van der Waals surface area contributed by atoms with Crippen LogP contribution in [0.4, 0.5) is 0 Å². The van der Waals surface area contributed by atoms with E-state index in [1.165, 1.54) is 38.5 Å². The molecule has 2 fully saturated rings. The zero-order valence-corrected chi connectivity index (χ0v) is 7.71. The lowest BCUT2D eigenvalue weighted by Crippen LogP contribution is -2.48. The Hall–Kier alpha value is -0.0800. The summed E-state index contributed by atoms with van der Waals surface area (Å²) in [6.07, 6.45) is 7.73. The molecule has 0 spiro atoms. The monoisotopic (exact) mass is 168 g/mol. The fraction of sp³-hybridized carbons (Fsp3) is 1.00. The summed E-state index contributed by atoms with van der Waals surface area (Å²) in [6.45, 7) is 0. The predicted octanol–water partition coefficient (Wildman–Crippen LogP) is 1.24. The van der Waals surface area contributed by atoms with Gasteiger partial charge in [-0.3, -0.25) is 0 Å². The van der Waals surface area contributed by atoms with Gasteiger partial charge in [0.05, 0.1) is 0 Å². The first-order valence-electron chi connectivity index (χ1n) is 5.30. The third-order valence-electron chi connectivity index (χ3n) is 3.80. The van der Waals surface area contributed by atoms with E-state index < -0.39 is 0 Å². The van der Waals surface area contributed by atoms with E-state index in [0.29, 0.717) is 12.1 Å². The van der Waals surface area contributed by atoms with Gasteiger partial charge in [-0.2, -0.15) is 0 Å². The smallest absolute Gasteiger partial charge is 0.00703 e. The van der Waals surface area contributed by atoms with Crippen LogP contribution in [-0.2, 0) is 0 Å². The highest BCUT2D eigenvalue weighted by atomic mass is 14.7. The number of rotatable bonds is 0. The summed E-state index contributed by atoms with van der Waals surface area (Å²) >= 11 is 0. The van der Waals surface area contributed by atoms with Crippen LogP contribution < -0.4 is 11.5 Å². The summed E-state index contributed by atoms with van der Waals surface area (Å²) < 4.78 is 0. The minimum atomic E-state index is 0.454. The molecule has 4 atom stereocenters. The summed E-state index contributed by atoms with van der Waals surface area (Å²) in [5.41, 5.74) is 12.2. The van der Waals surface area contributed by atoms with Gasteiger partial charge < -0.3 is 11.5 Å². The van der Waals surface area contributed by atoms with Crippen LogP contribution in [0.3, 0.4) is 0 Å². The van der Waals surface area contributed by atoms with Crippen LogP contribution in [0.1, 0.15) is 38.5 Å². The van der Waals surface area contributed by atoms with Crippen LogP contribution >= 0.6 is 0 Å². The van der Waals surface area contributed by atoms with Crippen LogP contribution in [0.25, 0.3) is 0 Å². The van der Waals surface area contributed by atoms with Crippen molar-refractivity contribution in [3.63, 3.8) is 0 Å². The minimum absolute atomic E-state index is 0.454. The van der Waals surface area contributed by atoms with Crippen molar-refractivity contribution in [3.8, 4) is 0 Å². The number of fused-ring (bicyclic) bond motifs is 1. The molecule has 2 aliphatic rings. The molecule has 2 rings (SSSR count). The lowest BCUT2D eigenvalue weighted by Gasteiger charge is -2.43. The maximum atomic E-state index is 6.10. The molecule has 0 bridgehead atoms. The van der Waals surface area contributed by atoms with E-state index in [-0.39, 0.29) is 0 Å². The zero-order chi connectivity index (χ0) is 8.55. The maximum Gasteiger partial charge on any atom is 0.00703 e. The average molecular weight is 168 g/mol. The van der Waals surface area contributed by atoms with Crippen molar-refractivity contribution in [2.45, 2.75) is 50.6 Å². The second-order valence-corrected chi connectivity index (χ2v) is 4.52. The largest absolute Gasteiger partial charge is 0.327 e. The van der Waals surface area contributed by atoms with Gasteiger partial charge in [-0.1, -0.05) is 12.8 Å². The van der Waals surface area contributed by atoms with Crippen LogP contribution in [0.2, 0.25) is 0 Å². The average Bonchev–Trinajstić information content (AvgIpc) is 2.07. The highest BCUT2D eigenvalue weighted by Gasteiger charge is 2.36. The molecule has 0 aromatic rings. The summed E-state index contributed by atoms with van der Waals surface area (Å²) in [6, 6.07) is 0.908. The van der Waals surface area contributed by atoms with Gasteiger partial charge in [0.15, 0.2) is 0 Å². The second kappa shape index (κ2) is 3.35. The summed E-state index contributed by atoms with van der Waals surface area (Å²) in [4.78, 5) is 0. The van der Waals surface area contributed by atoms with Crippen molar-refractivity contribution in [2.24, 2.45) is 23.3 Å². The third-order valence-corrected chi connectivity index (χ3v) is 3.80. The van der Waals surface area contributed by atoms with Crippen LogP contribution in [0.5, 0.6) is 0 Å². The van der Waals surface area contributed by atoms with Crippen LogP contribution in [0.15, 0.2) is 0 Å². The van der Waals surface area contributed by atoms with Crippen molar-refractivity contribution < 1.29 is 0 Å². The summed E-state index contributed by atoms with van der Waals surface area (Å²) in [5, 5.41) is 0. The lowest BCUT2D eigenvalue weighted by atomic mass is 9.66. The predicted molar refractivity (Wildman–Crippen MR) is 50.6 cm³/mol. The molecule has 2 aliphatic carbocycles. The van der Waals surface area contributed by atoms with E-state index in [4.69, 9.17) is 11.5 Å². The Kier molecular flexibility index (Phi) is 2.37. The molecule has 0 aromatic heterocycles.